The van der Waals surface area contributed by atoms with E-state index in [0.717, 1.165) is 0 Å². The van der Waals surface area contributed by atoms with E-state index in [4.69, 9.17) is 16.0 Å². The Labute approximate surface area is 109 Å². The van der Waals surface area contributed by atoms with Crippen LogP contribution in [0.3, 0.4) is 0 Å². The second-order valence-electron chi connectivity index (χ2n) is 3.73. The molecule has 0 fully saturated rings. The molecule has 104 valence electrons. The number of para-hydroxylation sites is 1. The Morgan fingerprint density at radius 2 is 1.89 bits per heavy atom. The number of nitrogens with one attached hydrogen (secondary N) is 1. The fourth-order valence-electron chi connectivity index (χ4n) is 1.32. The lowest BCUT2D eigenvalue weighted by Crippen LogP contribution is -2.37. The molecule has 1 aromatic carbocycles. The van der Waals surface area contributed by atoms with Crippen LogP contribution in [-0.4, -0.2) is 31.4 Å². The van der Waals surface area contributed by atoms with Crippen molar-refractivity contribution >= 4 is 27.6 Å². The molecule has 0 bridgehead atoms. The summed E-state index contributed by atoms with van der Waals surface area (Å²) in [7, 11) is -4.00. The average molecular weight is 287 g/mol. The number of nitrogens with two attached hydrogens (primary N) is 2. The molecule has 0 aliphatic carbocycles. The van der Waals surface area contributed by atoms with Gasteiger partial charge in [0.1, 0.15) is 4.90 Å². The number of carboxylic acids is 1. The van der Waals surface area contributed by atoms with Crippen molar-refractivity contribution in [2.45, 2.75) is 17.4 Å². The largest absolute Gasteiger partial charge is 0.481 e. The molecule has 1 atom stereocenters. The van der Waals surface area contributed by atoms with Crippen LogP contribution < -0.4 is 16.2 Å². The molecule has 0 aromatic heterocycles. The van der Waals surface area contributed by atoms with Gasteiger partial charge in [-0.1, -0.05) is 12.1 Å². The van der Waals surface area contributed by atoms with E-state index in [1.54, 1.807) is 0 Å². The Kier molecular flexibility index (Phi) is 4.59. The smallest absolute Gasteiger partial charge is 0.305 e. The van der Waals surface area contributed by atoms with Gasteiger partial charge in [0.25, 0.3) is 0 Å². The van der Waals surface area contributed by atoms with Crippen LogP contribution in [0, 0.1) is 0 Å². The van der Waals surface area contributed by atoms with Crippen molar-refractivity contribution < 1.29 is 23.1 Å². The van der Waals surface area contributed by atoms with E-state index in [9.17, 15) is 18.0 Å². The van der Waals surface area contributed by atoms with Crippen molar-refractivity contribution in [2.75, 3.05) is 5.32 Å². The van der Waals surface area contributed by atoms with Crippen LogP contribution in [0.1, 0.15) is 6.42 Å². The molecule has 1 aromatic rings. The summed E-state index contributed by atoms with van der Waals surface area (Å²) in [5.41, 5.74) is 5.31. The van der Waals surface area contributed by atoms with Crippen LogP contribution in [0.2, 0.25) is 0 Å². The second-order valence-corrected chi connectivity index (χ2v) is 5.26. The SMILES string of the molecule is N[C@@H](CC(=O)O)C(=O)Nc1ccccc1S(N)(=O)=O. The highest BCUT2D eigenvalue weighted by Gasteiger charge is 2.20. The number of carbonyl (C=O) groups excluding carboxylic acids is 1. The first-order valence-electron chi connectivity index (χ1n) is 5.12. The Hall–Kier alpha value is -1.97. The molecule has 1 rings (SSSR count). The quantitative estimate of drug-likeness (QED) is 0.549. The Balaban J connectivity index is 2.95. The number of hydrogen-bond donors (Lipinski definition) is 4. The number of benzene rings is 1. The highest BCUT2D eigenvalue weighted by molar-refractivity contribution is 7.89. The molecule has 0 radical (unpaired) electrons. The minimum atomic E-state index is -4.00. The molecule has 19 heavy (non-hydrogen) atoms. The van der Waals surface area contributed by atoms with Crippen LogP contribution in [0.15, 0.2) is 29.2 Å². The van der Waals surface area contributed by atoms with E-state index >= 15 is 0 Å². The summed E-state index contributed by atoms with van der Waals surface area (Å²) >= 11 is 0. The molecule has 9 heteroatoms. The van der Waals surface area contributed by atoms with E-state index < -0.39 is 34.4 Å². The third kappa shape index (κ3) is 4.32. The van der Waals surface area contributed by atoms with Gasteiger partial charge in [0.15, 0.2) is 0 Å². The number of amides is 1. The van der Waals surface area contributed by atoms with Crippen LogP contribution in [0.25, 0.3) is 0 Å². The van der Waals surface area contributed by atoms with Crippen LogP contribution in [0.4, 0.5) is 5.69 Å². The van der Waals surface area contributed by atoms with Crippen molar-refractivity contribution in [1.82, 2.24) is 0 Å². The van der Waals surface area contributed by atoms with Gasteiger partial charge < -0.3 is 16.2 Å². The number of primary sulfonamides is 1. The molecule has 8 nitrogen and oxygen atoms in total. The van der Waals surface area contributed by atoms with Crippen LogP contribution in [0.5, 0.6) is 0 Å². The molecule has 6 N–H and O–H groups in total. The van der Waals surface area contributed by atoms with Gasteiger partial charge in [0, 0.05) is 0 Å². The molecule has 0 saturated heterocycles. The summed E-state index contributed by atoms with van der Waals surface area (Å²) < 4.78 is 22.6. The highest BCUT2D eigenvalue weighted by atomic mass is 32.2. The van der Waals surface area contributed by atoms with Crippen molar-refractivity contribution in [3.63, 3.8) is 0 Å². The van der Waals surface area contributed by atoms with E-state index in [1.807, 2.05) is 0 Å². The summed E-state index contributed by atoms with van der Waals surface area (Å²) in [5.74, 6) is -2.04. The number of hydrogen-bond acceptors (Lipinski definition) is 5. The molecule has 0 aliphatic heterocycles. The molecule has 0 unspecified atom stereocenters. The first-order valence-corrected chi connectivity index (χ1v) is 6.66. The van der Waals surface area contributed by atoms with Crippen molar-refractivity contribution in [3.05, 3.63) is 24.3 Å². The maximum Gasteiger partial charge on any atom is 0.305 e. The lowest BCUT2D eigenvalue weighted by molar-refractivity contribution is -0.138. The molecular weight excluding hydrogens is 274 g/mol. The minimum absolute atomic E-state index is 0.0455. The number of anilines is 1. The van der Waals surface area contributed by atoms with Gasteiger partial charge in [0.2, 0.25) is 15.9 Å². The fraction of sp³-hybridized carbons (Fsp3) is 0.200. The first-order chi connectivity index (χ1) is 8.71. The molecule has 1 amide bonds. The summed E-state index contributed by atoms with van der Waals surface area (Å²) in [5, 5.41) is 15.7. The number of rotatable bonds is 5. The number of carboxylic acid groups (broad SMARTS) is 1. The van der Waals surface area contributed by atoms with Gasteiger partial charge >= 0.3 is 5.97 Å². The zero-order valence-corrected chi connectivity index (χ0v) is 10.6. The summed E-state index contributed by atoms with van der Waals surface area (Å²) in [4.78, 5) is 21.7. The predicted molar refractivity (Wildman–Crippen MR) is 66.7 cm³/mol. The summed E-state index contributed by atoms with van der Waals surface area (Å²) in [6, 6.07) is 4.18. The number of sulfonamides is 1. The molecule has 0 heterocycles. The van der Waals surface area contributed by atoms with E-state index in [1.165, 1.54) is 24.3 Å². The Morgan fingerprint density at radius 1 is 1.32 bits per heavy atom. The molecule has 0 spiro atoms. The van der Waals surface area contributed by atoms with E-state index in [-0.39, 0.29) is 10.6 Å². The van der Waals surface area contributed by atoms with Crippen LogP contribution in [-0.2, 0) is 19.6 Å². The van der Waals surface area contributed by atoms with Crippen molar-refractivity contribution in [1.29, 1.82) is 0 Å². The lowest BCUT2D eigenvalue weighted by Gasteiger charge is -2.12. The third-order valence-electron chi connectivity index (χ3n) is 2.18. The fourth-order valence-corrected chi connectivity index (χ4v) is 2.02. The van der Waals surface area contributed by atoms with Gasteiger partial charge in [-0.25, -0.2) is 13.6 Å². The predicted octanol–water partition coefficient (Wildman–Crippen LogP) is -0.925. The molecule has 0 aliphatic rings. The Morgan fingerprint density at radius 3 is 2.42 bits per heavy atom. The topological polar surface area (TPSA) is 153 Å². The number of aliphatic carboxylic acids is 1. The van der Waals surface area contributed by atoms with Crippen molar-refractivity contribution in [3.8, 4) is 0 Å². The monoisotopic (exact) mass is 287 g/mol. The van der Waals surface area contributed by atoms with E-state index in [0.29, 0.717) is 0 Å². The first kappa shape index (κ1) is 15.1. The highest BCUT2D eigenvalue weighted by Crippen LogP contribution is 2.19. The summed E-state index contributed by atoms with van der Waals surface area (Å²) in [6.45, 7) is 0. The van der Waals surface area contributed by atoms with Gasteiger partial charge in [-0.15, -0.1) is 0 Å². The van der Waals surface area contributed by atoms with Gasteiger partial charge in [-0.2, -0.15) is 0 Å². The normalized spacial score (nSPS) is 12.7. The molecule has 0 saturated carbocycles. The zero-order valence-electron chi connectivity index (χ0n) is 9.74. The maximum absolute atomic E-state index is 11.6. The zero-order chi connectivity index (χ0) is 14.6. The van der Waals surface area contributed by atoms with Gasteiger partial charge in [-0.05, 0) is 12.1 Å². The van der Waals surface area contributed by atoms with Gasteiger partial charge in [-0.3, -0.25) is 9.59 Å². The number of carbonyl (C=O) groups is 2. The second kappa shape index (κ2) is 5.78. The minimum Gasteiger partial charge on any atom is -0.481 e. The molecular formula is C10H13N3O5S. The lowest BCUT2D eigenvalue weighted by atomic mass is 10.2. The van der Waals surface area contributed by atoms with Crippen LogP contribution >= 0.6 is 0 Å². The standard InChI is InChI=1S/C10H13N3O5S/c11-6(5-9(14)15)10(16)13-7-3-1-2-4-8(7)19(12,17)18/h1-4,6H,5,11H2,(H,13,16)(H,14,15)(H2,12,17,18)/t6-/m0/s1. The summed E-state index contributed by atoms with van der Waals surface area (Å²) in [6.07, 6.45) is -0.566. The van der Waals surface area contributed by atoms with Gasteiger partial charge in [0.05, 0.1) is 18.2 Å². The maximum atomic E-state index is 11.6. The Bertz CT molecular complexity index is 599. The van der Waals surface area contributed by atoms with Crippen molar-refractivity contribution in [2.24, 2.45) is 10.9 Å². The van der Waals surface area contributed by atoms with E-state index in [2.05, 4.69) is 5.32 Å². The third-order valence-corrected chi connectivity index (χ3v) is 3.15. The average Bonchev–Trinajstić information content (AvgIpc) is 2.27.